The first-order valence-corrected chi connectivity index (χ1v) is 1.66. The molecule has 0 aliphatic heterocycles. The van der Waals surface area contributed by atoms with E-state index < -0.39 is 15.3 Å². The Hall–Kier alpha value is -1.88. The molecule has 0 fully saturated rings. The molecule has 0 aliphatic carbocycles. The Morgan fingerprint density at radius 2 is 0.769 bits per heavy atom. The molecule has 1 radical (unpaired) electrons. The maximum absolute atomic E-state index is 8.36. The minimum atomic E-state index is -1.75. The van der Waals surface area contributed by atoms with Crippen LogP contribution in [-0.4, -0.2) is 20.5 Å². The maximum atomic E-state index is 8.36. The van der Waals surface area contributed by atoms with E-state index in [-0.39, 0.29) is 17.1 Å². The van der Waals surface area contributed by atoms with Crippen LogP contribution in [0.1, 0.15) is 0 Å². The van der Waals surface area contributed by atoms with Crippen LogP contribution in [0.2, 0.25) is 0 Å². The maximum Gasteiger partial charge on any atom is 2.00 e. The predicted octanol–water partition coefficient (Wildman–Crippen LogP) is -0.828. The molecule has 0 saturated carbocycles. The van der Waals surface area contributed by atoms with Crippen molar-refractivity contribution in [3.63, 3.8) is 0 Å². The first kappa shape index (κ1) is 22.5. The molecule has 77 valence electrons. The van der Waals surface area contributed by atoms with Crippen LogP contribution in [0.15, 0.2) is 0 Å². The molecule has 0 aromatic rings. The molecule has 0 heterocycles. The Morgan fingerprint density at radius 3 is 0.769 bits per heavy atom. The van der Waals surface area contributed by atoms with Crippen molar-refractivity contribution in [1.29, 1.82) is 0 Å². The van der Waals surface area contributed by atoms with Crippen LogP contribution < -0.4 is 0 Å². The second-order valence-electron chi connectivity index (χ2n) is 0.685. The fourth-order valence-corrected chi connectivity index (χ4v) is 0. The average molecular weight is 242 g/mol. The fourth-order valence-electron chi connectivity index (χ4n) is 0. The summed E-state index contributed by atoms with van der Waals surface area (Å²) in [5, 5.41) is 43.1. The minimum absolute atomic E-state index is 0. The second kappa shape index (κ2) is 16.6. The van der Waals surface area contributed by atoms with Crippen LogP contribution in [0.5, 0.6) is 0 Å². The predicted molar refractivity (Wildman–Crippen MR) is 29.5 cm³/mol. The molecule has 0 aromatic carbocycles. The Morgan fingerprint density at radius 1 is 0.769 bits per heavy atom. The molecule has 0 spiro atoms. The number of hydrogen-bond acceptors (Lipinski definition) is 8. The van der Waals surface area contributed by atoms with Crippen molar-refractivity contribution in [2.24, 2.45) is 0 Å². The monoisotopic (exact) mass is 242 g/mol. The molecule has 0 aromatic heterocycles. The molecule has 0 aliphatic rings. The van der Waals surface area contributed by atoms with Gasteiger partial charge >= 0.3 is 17.1 Å². The molecular weight excluding hydrogens is 241 g/mol. The van der Waals surface area contributed by atoms with E-state index in [4.69, 9.17) is 46.0 Å². The summed E-state index contributed by atoms with van der Waals surface area (Å²) in [7, 11) is 0. The molecule has 13 heavy (non-hydrogen) atoms. The second-order valence-corrected chi connectivity index (χ2v) is 0.685. The van der Waals surface area contributed by atoms with Gasteiger partial charge in [0, 0.05) is 0 Å². The van der Waals surface area contributed by atoms with Gasteiger partial charge in [-0.05, 0) is 0 Å². The van der Waals surface area contributed by atoms with Crippen LogP contribution in [0.25, 0.3) is 0 Å². The topological polar surface area (TPSA) is 196 Å². The van der Waals surface area contributed by atoms with Crippen molar-refractivity contribution >= 4 is 0 Å². The summed E-state index contributed by atoms with van der Waals surface area (Å²) in [5.41, 5.74) is 0. The molecule has 0 saturated heterocycles. The first-order chi connectivity index (χ1) is 5.20. The zero-order valence-electron chi connectivity index (χ0n) is 5.43. The third-order valence-electron chi connectivity index (χ3n) is 0. The molecule has 13 heteroatoms. The van der Waals surface area contributed by atoms with Crippen LogP contribution in [0, 0.1) is 40.8 Å². The van der Waals surface area contributed by atoms with E-state index in [0.717, 1.165) is 0 Å². The van der Waals surface area contributed by atoms with Gasteiger partial charge in [-0.1, -0.05) is 0 Å². The van der Waals surface area contributed by atoms with Crippen LogP contribution in [0.3, 0.4) is 0 Å². The smallest absolute Gasteiger partial charge is 0.356 e. The molecule has 0 amide bonds. The van der Waals surface area contributed by atoms with Gasteiger partial charge < -0.3 is 35.9 Å². The summed E-state index contributed by atoms with van der Waals surface area (Å²) in [6, 6.07) is 0. The van der Waals surface area contributed by atoms with Crippen molar-refractivity contribution in [1.82, 2.24) is 0 Å². The number of rotatable bonds is 0. The van der Waals surface area contributed by atoms with Crippen LogP contribution >= 0.6 is 0 Å². The third kappa shape index (κ3) is 189. The van der Waals surface area contributed by atoms with Crippen molar-refractivity contribution in [3.05, 3.63) is 40.8 Å². The van der Waals surface area contributed by atoms with Crippen molar-refractivity contribution in [3.8, 4) is 0 Å². The van der Waals surface area contributed by atoms with Crippen LogP contribution in [-0.2, 0) is 17.1 Å². The summed E-state index contributed by atoms with van der Waals surface area (Å²) in [6.07, 6.45) is 0. The summed E-state index contributed by atoms with van der Waals surface area (Å²) in [5.74, 6) is 0. The van der Waals surface area contributed by atoms with E-state index in [2.05, 4.69) is 0 Å². The Labute approximate surface area is 79.2 Å². The minimum Gasteiger partial charge on any atom is -0.356 e. The Kier molecular flexibility index (Phi) is 28.7. The largest absolute Gasteiger partial charge is 2.00 e. The summed E-state index contributed by atoms with van der Waals surface area (Å²) in [6.45, 7) is 0. The molecule has 0 atom stereocenters. The van der Waals surface area contributed by atoms with Crippen molar-refractivity contribution < 1.29 is 37.5 Å². The normalized spacial score (nSPS) is 5.54. The molecule has 0 bridgehead atoms. The zero-order valence-corrected chi connectivity index (χ0v) is 6.61. The zero-order chi connectivity index (χ0) is 10.7. The van der Waals surface area contributed by atoms with E-state index >= 15 is 0 Å². The summed E-state index contributed by atoms with van der Waals surface area (Å²) >= 11 is 0. The number of nitrogens with zero attached hydrogens (tertiary/aromatic N) is 3. The van der Waals surface area contributed by atoms with E-state index in [0.29, 0.717) is 0 Å². The van der Waals surface area contributed by atoms with Gasteiger partial charge in [0.05, 0.1) is 10.2 Å². The van der Waals surface area contributed by atoms with Crippen molar-refractivity contribution in [2.75, 3.05) is 0 Å². The van der Waals surface area contributed by atoms with Gasteiger partial charge in [-0.25, -0.2) is 0 Å². The van der Waals surface area contributed by atoms with Gasteiger partial charge in [-0.15, -0.1) is 10.1 Å². The van der Waals surface area contributed by atoms with Gasteiger partial charge in [0.15, 0.2) is 0 Å². The van der Waals surface area contributed by atoms with E-state index in [1.807, 2.05) is 0 Å². The SMILES string of the molecule is O=[N+]([O-])O.O=[N+]([O-])[O-].O=[N+]([O-])[O-].[Mn+2]. The van der Waals surface area contributed by atoms with E-state index in [1.54, 1.807) is 0 Å². The fraction of sp³-hybridized carbons (Fsp3) is 0. The van der Waals surface area contributed by atoms with Gasteiger partial charge in [-0.2, -0.15) is 0 Å². The van der Waals surface area contributed by atoms with Gasteiger partial charge in [0.2, 0.25) is 0 Å². The molecule has 0 unspecified atom stereocenters. The quantitative estimate of drug-likeness (QED) is 0.320. The molecule has 12 nitrogen and oxygen atoms in total. The molecular formula is HMnN3O9. The van der Waals surface area contributed by atoms with Gasteiger partial charge in [-0.3, -0.25) is 0 Å². The third-order valence-corrected chi connectivity index (χ3v) is 0. The van der Waals surface area contributed by atoms with E-state index in [9.17, 15) is 0 Å². The molecule has 1 N–H and O–H groups in total. The summed E-state index contributed by atoms with van der Waals surface area (Å²) in [4.78, 5) is 24.9. The van der Waals surface area contributed by atoms with Crippen LogP contribution in [0.4, 0.5) is 0 Å². The Balaban J connectivity index is -0.0000000450. The first-order valence-electron chi connectivity index (χ1n) is 1.66. The van der Waals surface area contributed by atoms with E-state index in [1.165, 1.54) is 0 Å². The molecule has 0 rings (SSSR count). The Bertz CT molecular complexity index is 112. The van der Waals surface area contributed by atoms with Crippen molar-refractivity contribution in [2.45, 2.75) is 0 Å². The number of hydrogen-bond donors (Lipinski definition) is 1. The van der Waals surface area contributed by atoms with Gasteiger partial charge in [0.1, 0.15) is 0 Å². The standard InChI is InChI=1S/Mn.HNO3.2NO3/c;3*2-1(3)4/h;(H,2,3,4);;/q+2;;2*-1. The average Bonchev–Trinajstić information content (AvgIpc) is 1.54. The van der Waals surface area contributed by atoms with Gasteiger partial charge in [0.25, 0.3) is 5.09 Å². The summed E-state index contributed by atoms with van der Waals surface area (Å²) < 4.78 is 0.